The standard InChI is InChI=1S/C29H31FN2O3S/c1-4-15-31(29(34)22-5-9-23(30)10-6-22)18-28(33)32-16-13-27-25(14-17-36-27)26(32)19-35-24-11-7-21(8-12-24)20(2)3/h4-12,14,17,20,26H,1,13,15-16,18-19H2,2-3H3/t26-/m1/s1. The van der Waals surface area contributed by atoms with Gasteiger partial charge in [0, 0.05) is 23.5 Å². The van der Waals surface area contributed by atoms with Crippen molar-refractivity contribution in [3.63, 3.8) is 0 Å². The van der Waals surface area contributed by atoms with Crippen LogP contribution in [0.25, 0.3) is 0 Å². The minimum Gasteiger partial charge on any atom is -0.491 e. The van der Waals surface area contributed by atoms with E-state index in [0.717, 1.165) is 17.7 Å². The zero-order valence-corrected chi connectivity index (χ0v) is 21.5. The summed E-state index contributed by atoms with van der Waals surface area (Å²) in [6, 6.07) is 15.2. The van der Waals surface area contributed by atoms with Crippen molar-refractivity contribution in [1.82, 2.24) is 9.80 Å². The van der Waals surface area contributed by atoms with Crippen LogP contribution in [-0.2, 0) is 11.2 Å². The molecule has 1 aromatic heterocycles. The molecule has 188 valence electrons. The molecule has 0 aliphatic carbocycles. The smallest absolute Gasteiger partial charge is 0.254 e. The third-order valence-corrected chi connectivity index (χ3v) is 7.42. The molecule has 0 N–H and O–H groups in total. The molecule has 0 radical (unpaired) electrons. The molecule has 0 fully saturated rings. The predicted molar refractivity (Wildman–Crippen MR) is 141 cm³/mol. The Hall–Kier alpha value is -3.45. The lowest BCUT2D eigenvalue weighted by atomic mass is 10.00. The highest BCUT2D eigenvalue weighted by molar-refractivity contribution is 7.10. The molecule has 0 spiro atoms. The summed E-state index contributed by atoms with van der Waals surface area (Å²) >= 11 is 1.69. The van der Waals surface area contributed by atoms with Gasteiger partial charge in [-0.1, -0.05) is 32.1 Å². The Bertz CT molecular complexity index is 1200. The van der Waals surface area contributed by atoms with Crippen LogP contribution in [0.3, 0.4) is 0 Å². The van der Waals surface area contributed by atoms with Gasteiger partial charge in [0.05, 0.1) is 6.04 Å². The van der Waals surface area contributed by atoms with Crippen LogP contribution in [0.4, 0.5) is 4.39 Å². The Balaban J connectivity index is 1.50. The van der Waals surface area contributed by atoms with Gasteiger partial charge >= 0.3 is 0 Å². The van der Waals surface area contributed by atoms with Gasteiger partial charge in [0.2, 0.25) is 5.91 Å². The van der Waals surface area contributed by atoms with Gasteiger partial charge in [-0.05, 0) is 71.3 Å². The van der Waals surface area contributed by atoms with Gasteiger partial charge in [0.15, 0.2) is 0 Å². The molecule has 0 saturated heterocycles. The average Bonchev–Trinajstić information content (AvgIpc) is 3.36. The fourth-order valence-corrected chi connectivity index (χ4v) is 5.33. The zero-order chi connectivity index (χ0) is 25.7. The van der Waals surface area contributed by atoms with E-state index < -0.39 is 5.82 Å². The molecule has 0 unspecified atom stereocenters. The van der Waals surface area contributed by atoms with E-state index in [4.69, 9.17) is 4.74 Å². The van der Waals surface area contributed by atoms with Crippen molar-refractivity contribution in [2.24, 2.45) is 0 Å². The SMILES string of the molecule is C=CCN(CC(=O)N1CCc2sccc2[C@H]1COc1ccc(C(C)C)cc1)C(=O)c1ccc(F)cc1. The summed E-state index contributed by atoms with van der Waals surface area (Å²) in [5.74, 6) is 0.283. The first-order chi connectivity index (χ1) is 17.4. The Morgan fingerprint density at radius 3 is 2.56 bits per heavy atom. The van der Waals surface area contributed by atoms with Crippen LogP contribution < -0.4 is 4.74 Å². The summed E-state index contributed by atoms with van der Waals surface area (Å²) in [5.41, 5.74) is 2.66. The van der Waals surface area contributed by atoms with Crippen molar-refractivity contribution in [3.05, 3.63) is 100 Å². The van der Waals surface area contributed by atoms with Crippen molar-refractivity contribution in [2.45, 2.75) is 32.2 Å². The largest absolute Gasteiger partial charge is 0.491 e. The van der Waals surface area contributed by atoms with Crippen LogP contribution in [0.2, 0.25) is 0 Å². The molecule has 5 nitrogen and oxygen atoms in total. The Kier molecular flexibility index (Phi) is 8.21. The number of amides is 2. The topological polar surface area (TPSA) is 49.9 Å². The van der Waals surface area contributed by atoms with Crippen molar-refractivity contribution >= 4 is 23.2 Å². The number of fused-ring (bicyclic) bond motifs is 1. The number of halogens is 1. The van der Waals surface area contributed by atoms with Crippen LogP contribution in [0.1, 0.15) is 52.2 Å². The highest BCUT2D eigenvalue weighted by Gasteiger charge is 2.33. The molecule has 3 aromatic rings. The van der Waals surface area contributed by atoms with Crippen LogP contribution >= 0.6 is 11.3 Å². The summed E-state index contributed by atoms with van der Waals surface area (Å²) in [6.07, 6.45) is 2.36. The fraction of sp³-hybridized carbons (Fsp3) is 0.310. The van der Waals surface area contributed by atoms with Crippen molar-refractivity contribution < 1.29 is 18.7 Å². The number of nitrogens with zero attached hydrogens (tertiary/aromatic N) is 2. The maximum atomic E-state index is 13.5. The van der Waals surface area contributed by atoms with Crippen LogP contribution in [-0.4, -0.2) is 47.9 Å². The van der Waals surface area contributed by atoms with Gasteiger partial charge < -0.3 is 14.5 Å². The zero-order valence-electron chi connectivity index (χ0n) is 20.7. The lowest BCUT2D eigenvalue weighted by Gasteiger charge is -2.37. The van der Waals surface area contributed by atoms with E-state index in [1.807, 2.05) is 22.4 Å². The molecule has 4 rings (SSSR count). The van der Waals surface area contributed by atoms with E-state index in [1.165, 1.54) is 39.6 Å². The quantitative estimate of drug-likeness (QED) is 0.343. The normalized spacial score (nSPS) is 14.9. The number of benzene rings is 2. The minimum atomic E-state index is -0.417. The van der Waals surface area contributed by atoms with Gasteiger partial charge in [0.1, 0.15) is 24.7 Å². The second-order valence-corrected chi connectivity index (χ2v) is 10.2. The second kappa shape index (κ2) is 11.5. The molecular formula is C29H31FN2O3S. The van der Waals surface area contributed by atoms with Gasteiger partial charge in [0.25, 0.3) is 5.91 Å². The summed E-state index contributed by atoms with van der Waals surface area (Å²) in [5, 5.41) is 2.05. The third kappa shape index (κ3) is 5.85. The van der Waals surface area contributed by atoms with Gasteiger partial charge in [-0.25, -0.2) is 4.39 Å². The first kappa shape index (κ1) is 25.6. The number of carbonyl (C=O) groups is 2. The highest BCUT2D eigenvalue weighted by Crippen LogP contribution is 2.34. The third-order valence-electron chi connectivity index (χ3n) is 6.42. The summed E-state index contributed by atoms with van der Waals surface area (Å²) in [7, 11) is 0. The Labute approximate surface area is 215 Å². The number of thiophene rings is 1. The number of ether oxygens (including phenoxy) is 1. The van der Waals surface area contributed by atoms with E-state index in [2.05, 4.69) is 38.6 Å². The first-order valence-electron chi connectivity index (χ1n) is 12.1. The lowest BCUT2D eigenvalue weighted by Crippen LogP contribution is -2.47. The van der Waals surface area contributed by atoms with Crippen molar-refractivity contribution in [3.8, 4) is 5.75 Å². The molecule has 1 atom stereocenters. The van der Waals surface area contributed by atoms with E-state index in [9.17, 15) is 14.0 Å². The molecular weight excluding hydrogens is 475 g/mol. The maximum Gasteiger partial charge on any atom is 0.254 e. The molecule has 1 aliphatic heterocycles. The predicted octanol–water partition coefficient (Wildman–Crippen LogP) is 5.84. The molecule has 2 amide bonds. The van der Waals surface area contributed by atoms with E-state index >= 15 is 0 Å². The molecule has 2 heterocycles. The van der Waals surface area contributed by atoms with Crippen LogP contribution in [0.15, 0.2) is 72.6 Å². The first-order valence-corrected chi connectivity index (χ1v) is 13.0. The number of hydrogen-bond donors (Lipinski definition) is 0. The Morgan fingerprint density at radius 1 is 1.17 bits per heavy atom. The van der Waals surface area contributed by atoms with Crippen LogP contribution in [0.5, 0.6) is 5.75 Å². The second-order valence-electron chi connectivity index (χ2n) is 9.17. The average molecular weight is 507 g/mol. The Morgan fingerprint density at radius 2 is 1.89 bits per heavy atom. The molecule has 2 aromatic carbocycles. The molecule has 1 aliphatic rings. The van der Waals surface area contributed by atoms with Gasteiger partial charge in [-0.2, -0.15) is 0 Å². The summed E-state index contributed by atoms with van der Waals surface area (Å²) in [6.45, 7) is 9.02. The minimum absolute atomic E-state index is 0.0959. The fourth-order valence-electron chi connectivity index (χ4n) is 4.40. The summed E-state index contributed by atoms with van der Waals surface area (Å²) in [4.78, 5) is 31.1. The number of carbonyl (C=O) groups excluding carboxylic acids is 2. The van der Waals surface area contributed by atoms with E-state index in [0.29, 0.717) is 24.6 Å². The molecule has 0 saturated carbocycles. The van der Waals surface area contributed by atoms with Gasteiger partial charge in [-0.3, -0.25) is 9.59 Å². The number of rotatable bonds is 9. The highest BCUT2D eigenvalue weighted by atomic mass is 32.1. The molecule has 36 heavy (non-hydrogen) atoms. The van der Waals surface area contributed by atoms with Crippen LogP contribution in [0, 0.1) is 5.82 Å². The monoisotopic (exact) mass is 506 g/mol. The lowest BCUT2D eigenvalue weighted by molar-refractivity contribution is -0.135. The van der Waals surface area contributed by atoms with Crippen molar-refractivity contribution in [2.75, 3.05) is 26.2 Å². The van der Waals surface area contributed by atoms with Gasteiger partial charge in [-0.15, -0.1) is 17.9 Å². The summed E-state index contributed by atoms with van der Waals surface area (Å²) < 4.78 is 19.5. The number of hydrogen-bond acceptors (Lipinski definition) is 4. The van der Waals surface area contributed by atoms with E-state index in [1.54, 1.807) is 17.4 Å². The molecule has 7 heteroatoms. The van der Waals surface area contributed by atoms with E-state index in [-0.39, 0.29) is 30.9 Å². The van der Waals surface area contributed by atoms with Crippen molar-refractivity contribution in [1.29, 1.82) is 0 Å². The molecule has 0 bridgehead atoms. The maximum absolute atomic E-state index is 13.5.